The zero-order valence-corrected chi connectivity index (χ0v) is 18.4. The van der Waals surface area contributed by atoms with Crippen LogP contribution in [0.15, 0.2) is 30.3 Å². The molecule has 6 nitrogen and oxygen atoms in total. The minimum atomic E-state index is -0.0215. The van der Waals surface area contributed by atoms with Gasteiger partial charge in [-0.2, -0.15) is 0 Å². The van der Waals surface area contributed by atoms with Crippen molar-refractivity contribution < 1.29 is 9.59 Å². The maximum atomic E-state index is 12.9. The van der Waals surface area contributed by atoms with Crippen molar-refractivity contribution in [2.24, 2.45) is 5.92 Å². The summed E-state index contributed by atoms with van der Waals surface area (Å²) in [6, 6.07) is 9.41. The molecule has 0 atom stereocenters. The highest BCUT2D eigenvalue weighted by Crippen LogP contribution is 2.35. The van der Waals surface area contributed by atoms with Gasteiger partial charge in [-0.15, -0.1) is 0 Å². The van der Waals surface area contributed by atoms with Crippen molar-refractivity contribution in [2.75, 3.05) is 26.2 Å². The molecule has 4 rings (SSSR count). The van der Waals surface area contributed by atoms with Gasteiger partial charge in [-0.3, -0.25) is 9.59 Å². The molecule has 3 heterocycles. The summed E-state index contributed by atoms with van der Waals surface area (Å²) >= 11 is 6.52. The van der Waals surface area contributed by atoms with E-state index in [1.165, 1.54) is 0 Å². The Hall–Kier alpha value is -2.34. The van der Waals surface area contributed by atoms with Gasteiger partial charge in [0.1, 0.15) is 0 Å². The second kappa shape index (κ2) is 8.80. The van der Waals surface area contributed by atoms with Gasteiger partial charge in [-0.25, -0.2) is 4.98 Å². The number of hydrogen-bond donors (Lipinski definition) is 0. The summed E-state index contributed by atoms with van der Waals surface area (Å²) in [6.45, 7) is 7.89. The fraction of sp³-hybridized carbons (Fsp3) is 0.522. The molecule has 2 aliphatic rings. The number of aromatic nitrogens is 2. The molecule has 0 unspecified atom stereocenters. The van der Waals surface area contributed by atoms with Crippen LogP contribution in [0.2, 0.25) is 5.15 Å². The molecule has 1 fully saturated rings. The normalized spacial score (nSPS) is 17.5. The van der Waals surface area contributed by atoms with Gasteiger partial charge < -0.3 is 14.4 Å². The van der Waals surface area contributed by atoms with Gasteiger partial charge in [0.25, 0.3) is 11.8 Å². The average Bonchev–Trinajstić information content (AvgIpc) is 3.10. The number of carbonyl (C=O) groups excluding carboxylic acids is 2. The lowest BCUT2D eigenvalue weighted by molar-refractivity contribution is 0.0685. The van der Waals surface area contributed by atoms with Crippen LogP contribution in [0.5, 0.6) is 0 Å². The fourth-order valence-corrected chi connectivity index (χ4v) is 4.76. The molecule has 160 valence electrons. The maximum Gasteiger partial charge on any atom is 0.289 e. The van der Waals surface area contributed by atoms with Crippen molar-refractivity contribution >= 4 is 23.4 Å². The minimum absolute atomic E-state index is 0.0215. The summed E-state index contributed by atoms with van der Waals surface area (Å²) in [5, 5.41) is 0.442. The van der Waals surface area contributed by atoms with E-state index >= 15 is 0 Å². The van der Waals surface area contributed by atoms with Gasteiger partial charge in [0.2, 0.25) is 5.82 Å². The van der Waals surface area contributed by atoms with Gasteiger partial charge >= 0.3 is 0 Å². The fourth-order valence-electron chi connectivity index (χ4n) is 4.42. The first-order valence-electron chi connectivity index (χ1n) is 10.8. The molecule has 0 radical (unpaired) electrons. The number of amides is 2. The zero-order valence-electron chi connectivity index (χ0n) is 17.7. The summed E-state index contributed by atoms with van der Waals surface area (Å²) in [4.78, 5) is 33.9. The molecule has 0 spiro atoms. The first-order valence-corrected chi connectivity index (χ1v) is 11.2. The van der Waals surface area contributed by atoms with Gasteiger partial charge in [-0.1, -0.05) is 43.6 Å². The number of carbonyl (C=O) groups is 2. The number of nitrogens with zero attached hydrogens (tertiary/aromatic N) is 4. The van der Waals surface area contributed by atoms with E-state index in [9.17, 15) is 9.59 Å². The molecule has 2 aliphatic heterocycles. The number of likely N-dealkylation sites (tertiary alicyclic amines) is 1. The minimum Gasteiger partial charge on any atom is -0.339 e. The van der Waals surface area contributed by atoms with Crippen molar-refractivity contribution in [1.82, 2.24) is 19.4 Å². The van der Waals surface area contributed by atoms with Crippen molar-refractivity contribution in [3.8, 4) is 0 Å². The van der Waals surface area contributed by atoms with Crippen LogP contribution in [0.25, 0.3) is 0 Å². The third kappa shape index (κ3) is 4.10. The van der Waals surface area contributed by atoms with Crippen LogP contribution in [0, 0.1) is 5.92 Å². The third-order valence-electron chi connectivity index (χ3n) is 6.20. The molecule has 1 aromatic carbocycles. The van der Waals surface area contributed by atoms with Crippen molar-refractivity contribution in [3.63, 3.8) is 0 Å². The zero-order chi connectivity index (χ0) is 21.3. The van der Waals surface area contributed by atoms with E-state index in [2.05, 4.69) is 18.8 Å². The number of halogens is 1. The van der Waals surface area contributed by atoms with E-state index in [0.29, 0.717) is 36.5 Å². The summed E-state index contributed by atoms with van der Waals surface area (Å²) in [6.07, 6.45) is 2.64. The Labute approximate surface area is 182 Å². The molecule has 1 aromatic heterocycles. The van der Waals surface area contributed by atoms with E-state index in [4.69, 9.17) is 11.6 Å². The summed E-state index contributed by atoms with van der Waals surface area (Å²) < 4.78 is 2.02. The van der Waals surface area contributed by atoms with Crippen molar-refractivity contribution in [2.45, 2.75) is 45.6 Å². The van der Waals surface area contributed by atoms with Crippen LogP contribution < -0.4 is 0 Å². The van der Waals surface area contributed by atoms with Crippen LogP contribution in [0.3, 0.4) is 0 Å². The van der Waals surface area contributed by atoms with E-state index in [1.807, 2.05) is 44.7 Å². The Morgan fingerprint density at radius 1 is 1.13 bits per heavy atom. The first kappa shape index (κ1) is 20.9. The standard InChI is InChI=1S/C23H29ClN4O2/c1-16(2)8-11-27-14-15-28-19(20(24)25-21(28)23(27)30)17-9-12-26(13-10-17)22(29)18-6-4-3-5-7-18/h3-7,16-17H,8-15H2,1-2H3. The molecule has 2 aromatic rings. The number of imidazole rings is 1. The van der Waals surface area contributed by atoms with E-state index in [0.717, 1.165) is 43.6 Å². The van der Waals surface area contributed by atoms with Crippen LogP contribution in [-0.2, 0) is 6.54 Å². The molecular weight excluding hydrogens is 400 g/mol. The molecule has 1 saturated heterocycles. The van der Waals surface area contributed by atoms with Crippen LogP contribution in [0.1, 0.15) is 65.7 Å². The van der Waals surface area contributed by atoms with E-state index in [-0.39, 0.29) is 17.7 Å². The van der Waals surface area contributed by atoms with Crippen LogP contribution in [0.4, 0.5) is 0 Å². The lowest BCUT2D eigenvalue weighted by atomic mass is 9.93. The second-order valence-electron chi connectivity index (χ2n) is 8.67. The maximum absolute atomic E-state index is 12.9. The highest BCUT2D eigenvalue weighted by Gasteiger charge is 2.34. The van der Waals surface area contributed by atoms with Gasteiger partial charge in [-0.05, 0) is 37.3 Å². The first-order chi connectivity index (χ1) is 14.5. The van der Waals surface area contributed by atoms with Crippen molar-refractivity contribution in [3.05, 3.63) is 52.6 Å². The Morgan fingerprint density at radius 2 is 1.83 bits per heavy atom. The van der Waals surface area contributed by atoms with Crippen LogP contribution in [-0.4, -0.2) is 57.3 Å². The third-order valence-corrected chi connectivity index (χ3v) is 6.48. The number of fused-ring (bicyclic) bond motifs is 1. The predicted molar refractivity (Wildman–Crippen MR) is 117 cm³/mol. The molecule has 0 N–H and O–H groups in total. The summed E-state index contributed by atoms with van der Waals surface area (Å²) in [7, 11) is 0. The SMILES string of the molecule is CC(C)CCN1CCn2c(nc(Cl)c2C2CCN(C(=O)c3ccccc3)CC2)C1=O. The summed E-state index contributed by atoms with van der Waals surface area (Å²) in [5.41, 5.74) is 1.69. The molecule has 30 heavy (non-hydrogen) atoms. The van der Waals surface area contributed by atoms with Crippen LogP contribution >= 0.6 is 11.6 Å². The Kier molecular flexibility index (Phi) is 6.14. The van der Waals surface area contributed by atoms with Crippen molar-refractivity contribution in [1.29, 1.82) is 0 Å². The number of rotatable bonds is 5. The number of piperidine rings is 1. The molecular formula is C23H29ClN4O2. The van der Waals surface area contributed by atoms with Gasteiger partial charge in [0.05, 0.1) is 5.69 Å². The highest BCUT2D eigenvalue weighted by atomic mass is 35.5. The lowest BCUT2D eigenvalue weighted by Crippen LogP contribution is -2.42. The predicted octanol–water partition coefficient (Wildman–Crippen LogP) is 4.06. The Balaban J connectivity index is 1.45. The Bertz CT molecular complexity index is 917. The topological polar surface area (TPSA) is 58.4 Å². The lowest BCUT2D eigenvalue weighted by Gasteiger charge is -2.34. The smallest absolute Gasteiger partial charge is 0.289 e. The molecule has 0 bridgehead atoms. The largest absolute Gasteiger partial charge is 0.339 e. The second-order valence-corrected chi connectivity index (χ2v) is 9.03. The number of hydrogen-bond acceptors (Lipinski definition) is 3. The molecule has 2 amide bonds. The average molecular weight is 429 g/mol. The van der Waals surface area contributed by atoms with Gasteiger partial charge in [0, 0.05) is 44.2 Å². The van der Waals surface area contributed by atoms with E-state index < -0.39 is 0 Å². The molecule has 7 heteroatoms. The molecule has 0 saturated carbocycles. The van der Waals surface area contributed by atoms with Gasteiger partial charge in [0.15, 0.2) is 5.15 Å². The molecule has 0 aliphatic carbocycles. The van der Waals surface area contributed by atoms with E-state index in [1.54, 1.807) is 0 Å². The Morgan fingerprint density at radius 3 is 2.50 bits per heavy atom. The number of benzene rings is 1. The highest BCUT2D eigenvalue weighted by molar-refractivity contribution is 6.30. The monoisotopic (exact) mass is 428 g/mol. The quantitative estimate of drug-likeness (QED) is 0.721. The summed E-state index contributed by atoms with van der Waals surface area (Å²) in [5.74, 6) is 1.29.